The summed E-state index contributed by atoms with van der Waals surface area (Å²) in [6, 6.07) is 14.7. The van der Waals surface area contributed by atoms with Crippen LogP contribution in [0.4, 0.5) is 14.5 Å². The minimum absolute atomic E-state index is 0.0270. The Morgan fingerprint density at radius 2 is 1.68 bits per heavy atom. The van der Waals surface area contributed by atoms with Gasteiger partial charge in [-0.25, -0.2) is 17.2 Å². The first-order valence-corrected chi connectivity index (χ1v) is 11.1. The van der Waals surface area contributed by atoms with Gasteiger partial charge in [0.25, 0.3) is 0 Å². The number of carbonyl (C=O) groups excluding carboxylic acids is 1. The Labute approximate surface area is 188 Å². The largest absolute Gasteiger partial charge is 0.322 e. The van der Waals surface area contributed by atoms with Crippen LogP contribution in [0.2, 0.25) is 10.0 Å². The van der Waals surface area contributed by atoms with Crippen LogP contribution in [0.3, 0.4) is 0 Å². The van der Waals surface area contributed by atoms with E-state index in [1.165, 1.54) is 18.2 Å². The van der Waals surface area contributed by atoms with Crippen LogP contribution < -0.4 is 5.32 Å². The second-order valence-corrected chi connectivity index (χ2v) is 9.28. The molecule has 1 N–H and O–H groups in total. The Morgan fingerprint density at radius 3 is 2.32 bits per heavy atom. The van der Waals surface area contributed by atoms with Crippen molar-refractivity contribution in [2.24, 2.45) is 0 Å². The van der Waals surface area contributed by atoms with Crippen LogP contribution in [0.5, 0.6) is 0 Å². The number of sulfonamides is 1. The molecule has 0 bridgehead atoms. The van der Waals surface area contributed by atoms with Crippen LogP contribution in [0.25, 0.3) is 0 Å². The lowest BCUT2D eigenvalue weighted by Gasteiger charge is -2.22. The van der Waals surface area contributed by atoms with Crippen LogP contribution in [-0.2, 0) is 21.4 Å². The monoisotopic (exact) mass is 484 g/mol. The molecule has 31 heavy (non-hydrogen) atoms. The predicted molar refractivity (Wildman–Crippen MR) is 115 cm³/mol. The summed E-state index contributed by atoms with van der Waals surface area (Å²) in [5.41, 5.74) is 0.152. The second-order valence-electron chi connectivity index (χ2n) is 6.49. The van der Waals surface area contributed by atoms with Gasteiger partial charge in [-0.05, 0) is 42.0 Å². The highest BCUT2D eigenvalue weighted by Gasteiger charge is 2.27. The highest BCUT2D eigenvalue weighted by atomic mass is 35.5. The fraction of sp³-hybridized carbons (Fsp3) is 0.0952. The fourth-order valence-corrected chi connectivity index (χ4v) is 4.61. The van der Waals surface area contributed by atoms with E-state index in [0.29, 0.717) is 16.7 Å². The smallest absolute Gasteiger partial charge is 0.243 e. The summed E-state index contributed by atoms with van der Waals surface area (Å²) in [7, 11) is -4.10. The predicted octanol–water partition coefficient (Wildman–Crippen LogP) is 5.10. The highest BCUT2D eigenvalue weighted by Crippen LogP contribution is 2.25. The molecule has 0 aromatic heterocycles. The molecule has 0 spiro atoms. The molecule has 5 nitrogen and oxygen atoms in total. The molecule has 3 aromatic carbocycles. The summed E-state index contributed by atoms with van der Waals surface area (Å²) in [6.45, 7) is -0.862. The van der Waals surface area contributed by atoms with E-state index >= 15 is 0 Å². The van der Waals surface area contributed by atoms with Crippen molar-refractivity contribution in [1.29, 1.82) is 0 Å². The molecule has 162 valence electrons. The van der Waals surface area contributed by atoms with Crippen molar-refractivity contribution in [2.75, 3.05) is 11.9 Å². The second kappa shape index (κ2) is 9.74. The SMILES string of the molecule is O=C(CN(Cc1ccc(Cl)cc1Cl)S(=O)(=O)c1ccccc1)Nc1ccc(F)cc1F. The fourth-order valence-electron chi connectivity index (χ4n) is 2.75. The summed E-state index contributed by atoms with van der Waals surface area (Å²) < 4.78 is 54.2. The molecule has 0 heterocycles. The van der Waals surface area contributed by atoms with Gasteiger partial charge in [-0.15, -0.1) is 0 Å². The maximum atomic E-state index is 13.9. The molecular formula is C21H16Cl2F2N2O3S. The molecule has 0 fully saturated rings. The maximum absolute atomic E-state index is 13.9. The topological polar surface area (TPSA) is 66.5 Å². The van der Waals surface area contributed by atoms with E-state index in [-0.39, 0.29) is 22.2 Å². The number of benzene rings is 3. The summed E-state index contributed by atoms with van der Waals surface area (Å²) in [5.74, 6) is -2.59. The molecule has 0 saturated carbocycles. The first-order valence-electron chi connectivity index (χ1n) is 8.91. The number of hydrogen-bond donors (Lipinski definition) is 1. The van der Waals surface area contributed by atoms with Gasteiger partial charge in [-0.2, -0.15) is 4.31 Å². The molecule has 3 aromatic rings. The van der Waals surface area contributed by atoms with Gasteiger partial charge in [0.15, 0.2) is 0 Å². The van der Waals surface area contributed by atoms with E-state index < -0.39 is 34.1 Å². The number of carbonyl (C=O) groups is 1. The number of anilines is 1. The zero-order valence-electron chi connectivity index (χ0n) is 15.9. The quantitative estimate of drug-likeness (QED) is 0.507. The van der Waals surface area contributed by atoms with E-state index in [1.54, 1.807) is 30.3 Å². The van der Waals surface area contributed by atoms with E-state index in [4.69, 9.17) is 23.2 Å². The minimum atomic E-state index is -4.10. The van der Waals surface area contributed by atoms with Crippen LogP contribution in [0.15, 0.2) is 71.6 Å². The number of amides is 1. The van der Waals surface area contributed by atoms with Crippen LogP contribution >= 0.6 is 23.2 Å². The summed E-state index contributed by atoms with van der Waals surface area (Å²) in [4.78, 5) is 12.5. The standard InChI is InChI=1S/C21H16Cl2F2N2O3S/c22-15-7-6-14(18(23)10-15)12-27(31(29,30)17-4-2-1-3-5-17)13-21(28)26-20-9-8-16(24)11-19(20)25/h1-11H,12-13H2,(H,26,28). The number of nitrogens with zero attached hydrogens (tertiary/aromatic N) is 1. The van der Waals surface area contributed by atoms with E-state index in [9.17, 15) is 22.0 Å². The molecule has 0 saturated heterocycles. The van der Waals surface area contributed by atoms with Gasteiger partial charge in [-0.1, -0.05) is 47.5 Å². The number of nitrogens with one attached hydrogen (secondary N) is 1. The first-order chi connectivity index (χ1) is 14.7. The lowest BCUT2D eigenvalue weighted by Crippen LogP contribution is -2.37. The van der Waals surface area contributed by atoms with Gasteiger partial charge in [0.1, 0.15) is 11.6 Å². The Bertz CT molecular complexity index is 1210. The van der Waals surface area contributed by atoms with Gasteiger partial charge >= 0.3 is 0 Å². The van der Waals surface area contributed by atoms with E-state index in [0.717, 1.165) is 16.4 Å². The van der Waals surface area contributed by atoms with E-state index in [1.807, 2.05) is 0 Å². The third-order valence-corrected chi connectivity index (χ3v) is 6.66. The van der Waals surface area contributed by atoms with Gasteiger partial charge in [-0.3, -0.25) is 4.79 Å². The Morgan fingerprint density at radius 1 is 0.968 bits per heavy atom. The summed E-state index contributed by atoms with van der Waals surface area (Å²) in [6.07, 6.45) is 0. The normalized spacial score (nSPS) is 11.5. The zero-order chi connectivity index (χ0) is 22.6. The zero-order valence-corrected chi connectivity index (χ0v) is 18.2. The average Bonchev–Trinajstić information content (AvgIpc) is 2.72. The van der Waals surface area contributed by atoms with Crippen LogP contribution in [0.1, 0.15) is 5.56 Å². The molecule has 0 unspecified atom stereocenters. The lowest BCUT2D eigenvalue weighted by molar-refractivity contribution is -0.116. The maximum Gasteiger partial charge on any atom is 0.243 e. The van der Waals surface area contributed by atoms with Crippen molar-refractivity contribution < 1.29 is 22.0 Å². The number of hydrogen-bond acceptors (Lipinski definition) is 3. The summed E-state index contributed by atoms with van der Waals surface area (Å²) >= 11 is 12.1. The highest BCUT2D eigenvalue weighted by molar-refractivity contribution is 7.89. The minimum Gasteiger partial charge on any atom is -0.322 e. The lowest BCUT2D eigenvalue weighted by atomic mass is 10.2. The van der Waals surface area contributed by atoms with Gasteiger partial charge in [0.05, 0.1) is 17.1 Å². The summed E-state index contributed by atoms with van der Waals surface area (Å²) in [5, 5.41) is 2.86. The van der Waals surface area contributed by atoms with E-state index in [2.05, 4.69) is 5.32 Å². The third kappa shape index (κ3) is 5.80. The molecular weight excluding hydrogens is 469 g/mol. The molecule has 10 heteroatoms. The molecule has 0 aliphatic heterocycles. The molecule has 0 atom stereocenters. The van der Waals surface area contributed by atoms with Gasteiger partial charge in [0, 0.05) is 22.7 Å². The average molecular weight is 485 g/mol. The van der Waals surface area contributed by atoms with Crippen LogP contribution in [0, 0.1) is 11.6 Å². The molecule has 1 amide bonds. The van der Waals surface area contributed by atoms with Crippen molar-refractivity contribution in [1.82, 2.24) is 4.31 Å². The van der Waals surface area contributed by atoms with Crippen molar-refractivity contribution in [2.45, 2.75) is 11.4 Å². The Balaban J connectivity index is 1.90. The van der Waals surface area contributed by atoms with Crippen molar-refractivity contribution in [3.63, 3.8) is 0 Å². The van der Waals surface area contributed by atoms with Crippen molar-refractivity contribution >= 4 is 44.8 Å². The van der Waals surface area contributed by atoms with Crippen molar-refractivity contribution in [3.8, 4) is 0 Å². The molecule has 0 aliphatic carbocycles. The number of halogens is 4. The Hall–Kier alpha value is -2.52. The van der Waals surface area contributed by atoms with Crippen LogP contribution in [-0.4, -0.2) is 25.2 Å². The Kier molecular flexibility index (Phi) is 7.27. The molecule has 3 rings (SSSR count). The molecule has 0 radical (unpaired) electrons. The third-order valence-electron chi connectivity index (χ3n) is 4.27. The van der Waals surface area contributed by atoms with Crippen molar-refractivity contribution in [3.05, 3.63) is 94.0 Å². The number of rotatable bonds is 7. The molecule has 0 aliphatic rings. The first kappa shape index (κ1) is 23.1. The van der Waals surface area contributed by atoms with Gasteiger partial charge in [0.2, 0.25) is 15.9 Å². The van der Waals surface area contributed by atoms with Gasteiger partial charge < -0.3 is 5.32 Å².